The average Bonchev–Trinajstić information content (AvgIpc) is 2.66. The number of nitrogens with zero attached hydrogens (tertiary/aromatic N) is 1. The van der Waals surface area contributed by atoms with Gasteiger partial charge in [-0.1, -0.05) is 30.3 Å². The minimum Gasteiger partial charge on any atom is -0.481 e. The number of alkyl halides is 3. The summed E-state index contributed by atoms with van der Waals surface area (Å²) in [5, 5.41) is 19.8. The van der Waals surface area contributed by atoms with Gasteiger partial charge in [-0.25, -0.2) is 4.79 Å². The quantitative estimate of drug-likeness (QED) is 0.232. The zero-order valence-electron chi connectivity index (χ0n) is 15.8. The minimum absolute atomic E-state index is 0.0591. The second kappa shape index (κ2) is 11.4. The lowest BCUT2D eigenvalue weighted by atomic mass is 9.89. The Morgan fingerprint density at radius 1 is 1.10 bits per heavy atom. The van der Waals surface area contributed by atoms with Crippen LogP contribution in [0.25, 0.3) is 0 Å². The molecule has 162 valence electrons. The van der Waals surface area contributed by atoms with Gasteiger partial charge in [-0.2, -0.15) is 18.3 Å². The fourth-order valence-corrected chi connectivity index (χ4v) is 2.60. The van der Waals surface area contributed by atoms with Crippen LogP contribution in [-0.2, 0) is 16.0 Å². The van der Waals surface area contributed by atoms with Gasteiger partial charge in [0.05, 0.1) is 12.6 Å². The maximum atomic E-state index is 11.2. The summed E-state index contributed by atoms with van der Waals surface area (Å²) in [6.07, 6.45) is -1.88. The first kappa shape index (κ1) is 24.5. The molecule has 0 bridgehead atoms. The van der Waals surface area contributed by atoms with Crippen LogP contribution in [0.1, 0.15) is 35.4 Å². The molecule has 0 aliphatic rings. The lowest BCUT2D eigenvalue weighted by molar-refractivity contribution is -0.192. The molecule has 0 saturated heterocycles. The van der Waals surface area contributed by atoms with Gasteiger partial charge < -0.3 is 21.8 Å². The van der Waals surface area contributed by atoms with Crippen LogP contribution in [-0.4, -0.2) is 34.5 Å². The molecule has 0 aliphatic heterocycles. The van der Waals surface area contributed by atoms with Crippen molar-refractivity contribution < 1.29 is 33.0 Å². The summed E-state index contributed by atoms with van der Waals surface area (Å²) < 4.78 is 31.7. The molecule has 1 atom stereocenters. The zero-order valence-corrected chi connectivity index (χ0v) is 15.8. The van der Waals surface area contributed by atoms with Crippen LogP contribution >= 0.6 is 0 Å². The molecule has 6 N–H and O–H groups in total. The van der Waals surface area contributed by atoms with Crippen molar-refractivity contribution in [1.82, 2.24) is 0 Å². The molecule has 0 aliphatic carbocycles. The molecule has 0 radical (unpaired) electrons. The molecular formula is C20H22F3N3O4. The highest BCUT2D eigenvalue weighted by atomic mass is 19.4. The van der Waals surface area contributed by atoms with Crippen molar-refractivity contribution in [1.29, 1.82) is 0 Å². The van der Waals surface area contributed by atoms with Gasteiger partial charge >= 0.3 is 18.1 Å². The second-order valence-corrected chi connectivity index (χ2v) is 6.33. The second-order valence-electron chi connectivity index (χ2n) is 6.33. The lowest BCUT2D eigenvalue weighted by Gasteiger charge is -2.16. The molecule has 0 fully saturated rings. The van der Waals surface area contributed by atoms with Crippen molar-refractivity contribution in [3.63, 3.8) is 0 Å². The van der Waals surface area contributed by atoms with Crippen LogP contribution < -0.4 is 11.6 Å². The van der Waals surface area contributed by atoms with Gasteiger partial charge in [-0.15, -0.1) is 0 Å². The summed E-state index contributed by atoms with van der Waals surface area (Å²) in [5.41, 5.74) is 9.41. The van der Waals surface area contributed by atoms with E-state index in [2.05, 4.69) is 5.10 Å². The minimum atomic E-state index is -5.08. The van der Waals surface area contributed by atoms with E-state index in [1.165, 1.54) is 0 Å². The van der Waals surface area contributed by atoms with Gasteiger partial charge in [0.1, 0.15) is 0 Å². The number of hydrazone groups is 1. The fraction of sp³-hybridized carbons (Fsp3) is 0.250. The Balaban J connectivity index is 0.000000553. The summed E-state index contributed by atoms with van der Waals surface area (Å²) in [7, 11) is 0. The average molecular weight is 425 g/mol. The molecule has 10 heteroatoms. The third-order valence-corrected chi connectivity index (χ3v) is 4.03. The van der Waals surface area contributed by atoms with Crippen LogP contribution in [0.3, 0.4) is 0 Å². The summed E-state index contributed by atoms with van der Waals surface area (Å²) >= 11 is 0. The van der Waals surface area contributed by atoms with E-state index in [-0.39, 0.29) is 12.3 Å². The number of nitrogen functional groups attached to an aromatic ring is 1. The zero-order chi connectivity index (χ0) is 22.7. The Bertz CT molecular complexity index is 868. The number of halogens is 3. The third-order valence-electron chi connectivity index (χ3n) is 4.03. The van der Waals surface area contributed by atoms with Crippen molar-refractivity contribution in [3.8, 4) is 0 Å². The topological polar surface area (TPSA) is 139 Å². The van der Waals surface area contributed by atoms with Crippen LogP contribution in [0.15, 0.2) is 53.6 Å². The Kier molecular flexibility index (Phi) is 9.34. The SMILES string of the molecule is NN=Cc1cccc(C(CCc2ccc(N)cc2)CC(=O)O)c1.O=C(O)C(F)(F)F. The number of aliphatic carboxylic acids is 2. The van der Waals surface area contributed by atoms with Crippen LogP contribution in [0.4, 0.5) is 18.9 Å². The number of aryl methyl sites for hydroxylation is 1. The van der Waals surface area contributed by atoms with Gasteiger partial charge in [-0.05, 0) is 53.6 Å². The molecule has 0 aromatic heterocycles. The van der Waals surface area contributed by atoms with E-state index < -0.39 is 18.1 Å². The number of carboxylic acid groups (broad SMARTS) is 2. The molecule has 0 saturated carbocycles. The predicted octanol–water partition coefficient (Wildman–Crippen LogP) is 3.39. The standard InChI is InChI=1S/C18H21N3O2.C2HF3O2/c19-17-8-5-13(6-9-17)4-7-16(11-18(22)23)15-3-1-2-14(10-15)12-21-20;3-2(4,5)1(6)7/h1-3,5-6,8-10,12,16H,4,7,11,19-20H2,(H,22,23);(H,6,7). The van der Waals surface area contributed by atoms with Crippen LogP contribution in [0.5, 0.6) is 0 Å². The molecule has 2 aromatic rings. The van der Waals surface area contributed by atoms with Crippen molar-refractivity contribution in [2.75, 3.05) is 5.73 Å². The highest BCUT2D eigenvalue weighted by Gasteiger charge is 2.38. The molecule has 2 aromatic carbocycles. The largest absolute Gasteiger partial charge is 0.490 e. The van der Waals surface area contributed by atoms with Gasteiger partial charge in [0.25, 0.3) is 0 Å². The first-order valence-corrected chi connectivity index (χ1v) is 8.72. The smallest absolute Gasteiger partial charge is 0.481 e. The highest BCUT2D eigenvalue weighted by molar-refractivity contribution is 5.79. The third kappa shape index (κ3) is 9.09. The number of nitrogens with two attached hydrogens (primary N) is 2. The summed E-state index contributed by atoms with van der Waals surface area (Å²) in [5.74, 6) is 1.56. The summed E-state index contributed by atoms with van der Waals surface area (Å²) in [6, 6.07) is 15.3. The molecule has 1 unspecified atom stereocenters. The molecule has 2 rings (SSSR count). The monoisotopic (exact) mass is 425 g/mol. The molecule has 30 heavy (non-hydrogen) atoms. The van der Waals surface area contributed by atoms with Crippen molar-refractivity contribution >= 4 is 23.8 Å². The maximum absolute atomic E-state index is 11.2. The van der Waals surface area contributed by atoms with Gasteiger partial charge in [0.2, 0.25) is 0 Å². The van der Waals surface area contributed by atoms with Crippen LogP contribution in [0, 0.1) is 0 Å². The Morgan fingerprint density at radius 3 is 2.20 bits per heavy atom. The van der Waals surface area contributed by atoms with E-state index in [9.17, 15) is 23.1 Å². The van der Waals surface area contributed by atoms with Crippen molar-refractivity contribution in [3.05, 3.63) is 65.2 Å². The van der Waals surface area contributed by atoms with Crippen molar-refractivity contribution in [2.24, 2.45) is 10.9 Å². The number of anilines is 1. The molecule has 0 spiro atoms. The van der Waals surface area contributed by atoms with Crippen molar-refractivity contribution in [2.45, 2.75) is 31.4 Å². The first-order chi connectivity index (χ1) is 14.0. The number of carbonyl (C=O) groups is 2. The van der Waals surface area contributed by atoms with Gasteiger partial charge in [-0.3, -0.25) is 4.79 Å². The number of hydrogen-bond donors (Lipinski definition) is 4. The lowest BCUT2D eigenvalue weighted by Crippen LogP contribution is -2.21. The number of benzene rings is 2. The van der Waals surface area contributed by atoms with E-state index in [0.717, 1.165) is 35.2 Å². The van der Waals surface area contributed by atoms with E-state index >= 15 is 0 Å². The first-order valence-electron chi connectivity index (χ1n) is 8.72. The Morgan fingerprint density at radius 2 is 1.70 bits per heavy atom. The van der Waals surface area contributed by atoms with E-state index in [0.29, 0.717) is 0 Å². The van der Waals surface area contributed by atoms with E-state index in [1.807, 2.05) is 48.5 Å². The molecule has 0 amide bonds. The number of carboxylic acids is 2. The number of rotatable bonds is 7. The summed E-state index contributed by atoms with van der Waals surface area (Å²) in [4.78, 5) is 20.1. The molecule has 0 heterocycles. The normalized spacial score (nSPS) is 12.1. The Hall–Kier alpha value is -3.56. The fourth-order valence-electron chi connectivity index (χ4n) is 2.60. The van der Waals surface area contributed by atoms with Gasteiger partial charge in [0, 0.05) is 5.69 Å². The van der Waals surface area contributed by atoms with Gasteiger partial charge in [0.15, 0.2) is 0 Å². The van der Waals surface area contributed by atoms with E-state index in [1.54, 1.807) is 6.21 Å². The molecular weight excluding hydrogens is 403 g/mol. The predicted molar refractivity (Wildman–Crippen MR) is 106 cm³/mol. The van der Waals surface area contributed by atoms with E-state index in [4.69, 9.17) is 21.5 Å². The summed E-state index contributed by atoms with van der Waals surface area (Å²) in [6.45, 7) is 0. The Labute approximate surface area is 170 Å². The maximum Gasteiger partial charge on any atom is 0.490 e. The highest BCUT2D eigenvalue weighted by Crippen LogP contribution is 2.26. The number of hydrogen-bond acceptors (Lipinski definition) is 5. The van der Waals surface area contributed by atoms with Crippen LogP contribution in [0.2, 0.25) is 0 Å². The molecule has 7 nitrogen and oxygen atoms in total.